The molecule has 0 aliphatic carbocycles. The van der Waals surface area contributed by atoms with Crippen LogP contribution in [0.15, 0.2) is 0 Å². The van der Waals surface area contributed by atoms with Crippen molar-refractivity contribution in [2.45, 2.75) is 173 Å². The van der Waals surface area contributed by atoms with E-state index < -0.39 is 122 Å². The summed E-state index contributed by atoms with van der Waals surface area (Å²) in [5.41, 5.74) is 0. The van der Waals surface area contributed by atoms with Crippen molar-refractivity contribution in [3.63, 3.8) is 0 Å². The fourth-order valence-electron chi connectivity index (χ4n) is 3.51. The lowest BCUT2D eigenvalue weighted by Crippen LogP contribution is -2.37. The molecule has 274 valence electrons. The fraction of sp³-hybridized carbons (Fsp3) is 0.944. The van der Waals surface area contributed by atoms with Crippen LogP contribution in [0.3, 0.4) is 0 Å². The molecule has 0 fully saturated rings. The average molecular weight is 706 g/mol. The first-order chi connectivity index (χ1) is 32.2. The molecule has 0 rings (SSSR count). The number of nitrogens with zero attached hydrogens (tertiary/aromatic N) is 1. The molecule has 0 heterocycles. The lowest BCUT2D eigenvalue weighted by molar-refractivity contribution is -0.870. The van der Waals surface area contributed by atoms with Crippen LogP contribution in [0.4, 0.5) is 0 Å². The number of likely N-dealkylation sites (N-methyl/N-ethyl adjacent to an activating group) is 1. The molecule has 0 aliphatic heterocycles. The maximum atomic E-state index is 13.4. The van der Waals surface area contributed by atoms with Gasteiger partial charge in [0, 0.05) is 49.8 Å². The van der Waals surface area contributed by atoms with Gasteiger partial charge in [0.25, 0.3) is 0 Å². The van der Waals surface area contributed by atoms with Gasteiger partial charge < -0.3 is 18.9 Å². The van der Waals surface area contributed by atoms with Crippen molar-refractivity contribution in [2.24, 2.45) is 0 Å². The Morgan fingerprint density at radius 1 is 0.739 bits per heavy atom. The van der Waals surface area contributed by atoms with Gasteiger partial charge in [-0.15, -0.1) is 0 Å². The highest BCUT2D eigenvalue weighted by Crippen LogP contribution is 2.43. The number of carbonyl (C=O) groups excluding carboxylic acids is 2. The Kier molecular flexibility index (Phi) is 11.3. The highest BCUT2D eigenvalue weighted by atomic mass is 31.2. The van der Waals surface area contributed by atoms with Gasteiger partial charge in [0.15, 0.2) is 6.10 Å². The average Bonchev–Trinajstić information content (AvgIpc) is 3.21. The van der Waals surface area contributed by atoms with Gasteiger partial charge in [-0.25, -0.2) is 4.57 Å². The monoisotopic (exact) mass is 706 g/mol. The standard InChI is InChI=1S/C36H72NO8P/c1-6-8-10-12-14-16-18-20-22-24-26-28-35(38)42-32-34(33-44-46(40,41)43-31-30-37(3,4)5)45-36(39)29-27-25-23-21-19-17-15-13-11-9-7-2/h34H,6-33H2,1-5H3/p+1/t34-/m1/s1/i1D3,6D2,8D2,10D2,12D2,14D2,16D2,18D2,20D2,22D2,24D2,26D2,28D2. The quantitative estimate of drug-likeness (QED) is 0.0305. The molecule has 0 aromatic rings. The number of unbranched alkanes of at least 4 members (excludes halogenated alkanes) is 10. The molecule has 0 bridgehead atoms. The third-order valence-corrected chi connectivity index (χ3v) is 6.90. The zero-order valence-electron chi connectivity index (χ0n) is 54.6. The highest BCUT2D eigenvalue weighted by molar-refractivity contribution is 7.47. The van der Waals surface area contributed by atoms with E-state index in [9.17, 15) is 19.0 Å². The van der Waals surface area contributed by atoms with Crippen molar-refractivity contribution in [1.29, 1.82) is 0 Å². The van der Waals surface area contributed by atoms with Gasteiger partial charge in [-0.1, -0.05) is 142 Å². The van der Waals surface area contributed by atoms with Crippen LogP contribution in [0.1, 0.15) is 204 Å². The van der Waals surface area contributed by atoms with Crippen LogP contribution in [0.25, 0.3) is 0 Å². The van der Waals surface area contributed by atoms with Gasteiger partial charge in [0.1, 0.15) is 19.8 Å². The molecule has 9 nitrogen and oxygen atoms in total. The molecule has 0 radical (unpaired) electrons. The molecule has 46 heavy (non-hydrogen) atoms. The van der Waals surface area contributed by atoms with E-state index in [0.29, 0.717) is 12.8 Å². The minimum absolute atomic E-state index is 0.201. The van der Waals surface area contributed by atoms with E-state index in [1.165, 1.54) is 12.8 Å². The second-order valence-corrected chi connectivity index (χ2v) is 12.6. The Morgan fingerprint density at radius 2 is 1.26 bits per heavy atom. The van der Waals surface area contributed by atoms with Crippen molar-refractivity contribution in [3.05, 3.63) is 0 Å². The number of quaternary nitrogens is 1. The van der Waals surface area contributed by atoms with Gasteiger partial charge in [-0.2, -0.15) is 0 Å². The second-order valence-electron chi connectivity index (χ2n) is 11.1. The molecular formula is C36H73NO8P+. The maximum absolute atomic E-state index is 13.4. The van der Waals surface area contributed by atoms with Crippen LogP contribution in [0, 0.1) is 0 Å². The maximum Gasteiger partial charge on any atom is 0.472 e. The zero-order valence-corrected chi connectivity index (χ0v) is 28.5. The SMILES string of the molecule is [2H]C([2H])([2H])C([2H])([2H])C([2H])([2H])C([2H])([2H])C([2H])([2H])C([2H])([2H])C([2H])([2H])C([2H])([2H])C([2H])([2H])C([2H])([2H])C([2H])([2H])C([2H])([2H])C([2H])([2H])C(=O)OC[C@H](COP(=O)(O)OCC[N+](C)(C)C)OC(=O)CCCCCCCCCCCCC. The number of phosphoric ester groups is 1. The molecule has 0 spiro atoms. The molecule has 0 aromatic carbocycles. The number of esters is 2. The predicted molar refractivity (Wildman–Crippen MR) is 188 cm³/mol. The Hall–Kier alpha value is -0.990. The first-order valence-electron chi connectivity index (χ1n) is 29.0. The van der Waals surface area contributed by atoms with Gasteiger partial charge >= 0.3 is 19.8 Å². The van der Waals surface area contributed by atoms with Crippen molar-refractivity contribution < 1.29 is 79.1 Å². The van der Waals surface area contributed by atoms with Gasteiger partial charge in [0.05, 0.1) is 27.7 Å². The Balaban J connectivity index is 6.79. The number of hydrogen-bond acceptors (Lipinski definition) is 7. The molecule has 1 unspecified atom stereocenters. The summed E-state index contributed by atoms with van der Waals surface area (Å²) in [4.78, 5) is 36.5. The molecule has 0 saturated carbocycles. The van der Waals surface area contributed by atoms with Crippen molar-refractivity contribution in [1.82, 2.24) is 0 Å². The van der Waals surface area contributed by atoms with E-state index >= 15 is 0 Å². The Bertz CT molecular complexity index is 1840. The van der Waals surface area contributed by atoms with Crippen LogP contribution >= 0.6 is 7.82 Å². The summed E-state index contributed by atoms with van der Waals surface area (Å²) in [6.07, 6.45) is -50.2. The number of rotatable bonds is 34. The number of carbonyl (C=O) groups is 2. The minimum atomic E-state index is -5.10. The van der Waals surface area contributed by atoms with Crippen LogP contribution in [-0.4, -0.2) is 74.9 Å². The number of phosphoric acid groups is 1. The van der Waals surface area contributed by atoms with Crippen LogP contribution in [-0.2, 0) is 32.7 Å². The molecule has 0 amide bonds. The molecule has 0 aromatic heterocycles. The normalized spacial score (nSPS) is 26.5. The molecule has 10 heteroatoms. The molecular weight excluding hydrogens is 605 g/mol. The van der Waals surface area contributed by atoms with E-state index in [1.54, 1.807) is 21.1 Å². The fourth-order valence-corrected chi connectivity index (χ4v) is 4.25. The molecule has 2 atom stereocenters. The third kappa shape index (κ3) is 32.9. The van der Waals surface area contributed by atoms with Gasteiger partial charge in [-0.3, -0.25) is 18.6 Å². The van der Waals surface area contributed by atoms with E-state index in [2.05, 4.69) is 6.92 Å². The number of hydrogen-bond donors (Lipinski definition) is 1. The van der Waals surface area contributed by atoms with Gasteiger partial charge in [0.2, 0.25) is 0 Å². The largest absolute Gasteiger partial charge is 0.472 e. The third-order valence-electron chi connectivity index (χ3n) is 5.91. The second kappa shape index (κ2) is 30.1. The smallest absolute Gasteiger partial charge is 0.462 e. The molecule has 1 N–H and O–H groups in total. The van der Waals surface area contributed by atoms with E-state index in [-0.39, 0.29) is 24.1 Å². The van der Waals surface area contributed by atoms with Crippen molar-refractivity contribution in [2.75, 3.05) is 47.5 Å². The van der Waals surface area contributed by atoms with Crippen molar-refractivity contribution >= 4 is 19.8 Å². The Morgan fingerprint density at radius 3 is 1.80 bits per heavy atom. The van der Waals surface area contributed by atoms with Crippen LogP contribution in [0.5, 0.6) is 0 Å². The van der Waals surface area contributed by atoms with Gasteiger partial charge in [-0.05, 0) is 12.8 Å². The number of ether oxygens (including phenoxy) is 2. The summed E-state index contributed by atoms with van der Waals surface area (Å²) in [6.45, 7) is -4.53. The summed E-state index contributed by atoms with van der Waals surface area (Å²) >= 11 is 0. The van der Waals surface area contributed by atoms with Crippen LogP contribution < -0.4 is 0 Å². The molecule has 0 saturated heterocycles. The van der Waals surface area contributed by atoms with E-state index in [4.69, 9.17) is 55.5 Å². The first kappa shape index (κ1) is 17.3. The summed E-state index contributed by atoms with van der Waals surface area (Å²) in [5.74, 6) is -3.41. The molecule has 0 aliphatic rings. The summed E-state index contributed by atoms with van der Waals surface area (Å²) < 4.78 is 253. The summed E-state index contributed by atoms with van der Waals surface area (Å²) in [6, 6.07) is 0. The summed E-state index contributed by atoms with van der Waals surface area (Å²) in [7, 11) is 0.270. The lowest BCUT2D eigenvalue weighted by Gasteiger charge is -2.24. The van der Waals surface area contributed by atoms with E-state index in [1.807, 2.05) is 0 Å². The van der Waals surface area contributed by atoms with Crippen molar-refractivity contribution in [3.8, 4) is 0 Å². The highest BCUT2D eigenvalue weighted by Gasteiger charge is 2.27. The lowest BCUT2D eigenvalue weighted by atomic mass is 10.1. The Labute approximate surface area is 321 Å². The minimum Gasteiger partial charge on any atom is -0.462 e. The summed E-state index contributed by atoms with van der Waals surface area (Å²) in [5, 5.41) is 0. The predicted octanol–water partition coefficient (Wildman–Crippen LogP) is 9.68. The first-order valence-corrected chi connectivity index (χ1v) is 16.9. The van der Waals surface area contributed by atoms with E-state index in [0.717, 1.165) is 44.9 Å². The van der Waals surface area contributed by atoms with Crippen LogP contribution in [0.2, 0.25) is 0 Å². The zero-order chi connectivity index (χ0) is 58.4. The topological polar surface area (TPSA) is 108 Å².